The van der Waals surface area contributed by atoms with Crippen molar-refractivity contribution in [2.45, 2.75) is 49.7 Å². The molecule has 3 rings (SSSR count). The Labute approximate surface area is 175 Å². The van der Waals surface area contributed by atoms with E-state index in [2.05, 4.69) is 46.4 Å². The van der Waals surface area contributed by atoms with Crippen LogP contribution in [0.5, 0.6) is 0 Å². The van der Waals surface area contributed by atoms with Crippen molar-refractivity contribution in [2.24, 2.45) is 0 Å². The van der Waals surface area contributed by atoms with Crippen LogP contribution in [-0.2, 0) is 14.9 Å². The van der Waals surface area contributed by atoms with Gasteiger partial charge in [0.2, 0.25) is 5.91 Å². The summed E-state index contributed by atoms with van der Waals surface area (Å²) < 4.78 is 5.03. The number of aliphatic hydroxyl groups is 1. The van der Waals surface area contributed by atoms with Crippen LogP contribution in [0.2, 0.25) is 0 Å². The van der Waals surface area contributed by atoms with E-state index in [-0.39, 0.29) is 23.5 Å². The molecule has 0 unspecified atom stereocenters. The van der Waals surface area contributed by atoms with E-state index in [1.807, 2.05) is 6.07 Å². The fourth-order valence-corrected chi connectivity index (χ4v) is 4.85. The van der Waals surface area contributed by atoms with Crippen LogP contribution in [0.25, 0.3) is 0 Å². The molecule has 1 aliphatic carbocycles. The molecule has 1 aromatic rings. The molecule has 1 amide bonds. The summed E-state index contributed by atoms with van der Waals surface area (Å²) in [6.07, 6.45) is 3.64. The molecular weight excluding hydrogens is 366 g/mol. The lowest BCUT2D eigenvalue weighted by Crippen LogP contribution is -2.52. The van der Waals surface area contributed by atoms with Crippen molar-refractivity contribution in [3.63, 3.8) is 0 Å². The summed E-state index contributed by atoms with van der Waals surface area (Å²) in [6.45, 7) is 5.20. The molecule has 0 aromatic heterocycles. The fraction of sp³-hybridized carbons (Fsp3) is 0.696. The highest BCUT2D eigenvalue weighted by molar-refractivity contribution is 5.76. The van der Waals surface area contributed by atoms with Crippen molar-refractivity contribution < 1.29 is 14.6 Å². The zero-order valence-electron chi connectivity index (χ0n) is 18.0. The van der Waals surface area contributed by atoms with Gasteiger partial charge < -0.3 is 20.1 Å². The third-order valence-electron chi connectivity index (χ3n) is 6.83. The highest BCUT2D eigenvalue weighted by Crippen LogP contribution is 2.39. The Kier molecular flexibility index (Phi) is 8.07. The van der Waals surface area contributed by atoms with Gasteiger partial charge >= 0.3 is 0 Å². The molecule has 2 aliphatic rings. The van der Waals surface area contributed by atoms with Gasteiger partial charge in [0.1, 0.15) is 0 Å². The minimum Gasteiger partial charge on any atom is -0.391 e. The van der Waals surface area contributed by atoms with Crippen LogP contribution in [0, 0.1) is 0 Å². The van der Waals surface area contributed by atoms with E-state index < -0.39 is 0 Å². The molecule has 0 radical (unpaired) electrons. The summed E-state index contributed by atoms with van der Waals surface area (Å²) in [7, 11) is 3.78. The smallest absolute Gasteiger partial charge is 0.222 e. The number of rotatable bonds is 7. The number of aliphatic hydroxyl groups excluding tert-OH is 1. The minimum atomic E-state index is -0.312. The number of hydrogen-bond acceptors (Lipinski definition) is 5. The summed E-state index contributed by atoms with van der Waals surface area (Å²) in [4.78, 5) is 17.1. The number of likely N-dealkylation sites (N-methyl/N-ethyl adjacent to an activating group) is 1. The van der Waals surface area contributed by atoms with E-state index in [9.17, 15) is 9.90 Å². The van der Waals surface area contributed by atoms with Gasteiger partial charge in [-0.2, -0.15) is 0 Å². The molecule has 1 saturated heterocycles. The minimum absolute atomic E-state index is 0.0302. The molecule has 29 heavy (non-hydrogen) atoms. The largest absolute Gasteiger partial charge is 0.391 e. The number of hydrogen-bond donors (Lipinski definition) is 2. The maximum Gasteiger partial charge on any atom is 0.222 e. The molecule has 0 spiro atoms. The van der Waals surface area contributed by atoms with Crippen molar-refractivity contribution >= 4 is 5.91 Å². The van der Waals surface area contributed by atoms with Crippen LogP contribution < -0.4 is 5.32 Å². The van der Waals surface area contributed by atoms with Gasteiger partial charge in [0.05, 0.1) is 12.7 Å². The van der Waals surface area contributed by atoms with Gasteiger partial charge in [-0.3, -0.25) is 9.69 Å². The SMILES string of the molecule is COCCC(=O)NC[C@@]1(c2ccccc2)CC[C@H](O)[C@@H](N2CCN(C)CC2)CC1. The van der Waals surface area contributed by atoms with Crippen LogP contribution in [-0.4, -0.2) is 86.4 Å². The number of nitrogens with zero attached hydrogens (tertiary/aromatic N) is 2. The number of ether oxygens (including phenoxy) is 1. The third-order valence-corrected chi connectivity index (χ3v) is 6.83. The Morgan fingerprint density at radius 3 is 2.55 bits per heavy atom. The Morgan fingerprint density at radius 2 is 1.86 bits per heavy atom. The van der Waals surface area contributed by atoms with E-state index in [1.54, 1.807) is 7.11 Å². The molecule has 1 aromatic carbocycles. The number of carbonyl (C=O) groups is 1. The van der Waals surface area contributed by atoms with Crippen LogP contribution >= 0.6 is 0 Å². The quantitative estimate of drug-likeness (QED) is 0.678. The van der Waals surface area contributed by atoms with Gasteiger partial charge in [0.15, 0.2) is 0 Å². The highest BCUT2D eigenvalue weighted by atomic mass is 16.5. The first-order chi connectivity index (χ1) is 14.0. The number of nitrogens with one attached hydrogen (secondary N) is 1. The van der Waals surface area contributed by atoms with Crippen LogP contribution in [0.3, 0.4) is 0 Å². The van der Waals surface area contributed by atoms with E-state index in [1.165, 1.54) is 5.56 Å². The van der Waals surface area contributed by atoms with Crippen molar-refractivity contribution in [1.29, 1.82) is 0 Å². The average Bonchev–Trinajstić information content (AvgIpc) is 2.92. The highest BCUT2D eigenvalue weighted by Gasteiger charge is 2.40. The molecule has 162 valence electrons. The van der Waals surface area contributed by atoms with E-state index in [4.69, 9.17) is 4.74 Å². The van der Waals surface area contributed by atoms with Crippen molar-refractivity contribution in [2.75, 3.05) is 53.5 Å². The summed E-state index contributed by atoms with van der Waals surface area (Å²) >= 11 is 0. The second-order valence-corrected chi connectivity index (χ2v) is 8.72. The van der Waals surface area contributed by atoms with Gasteiger partial charge in [0, 0.05) is 57.7 Å². The standard InChI is InChI=1S/C23H37N3O3/c1-25-13-15-26(16-14-25)20-8-11-23(12-9-21(20)27,19-6-4-3-5-7-19)18-24-22(28)10-17-29-2/h3-7,20-21,27H,8-18H2,1-2H3,(H,24,28)/t20-,21-,23-/m0/s1. The van der Waals surface area contributed by atoms with Gasteiger partial charge in [-0.1, -0.05) is 30.3 Å². The zero-order chi connectivity index (χ0) is 20.7. The summed E-state index contributed by atoms with van der Waals surface area (Å²) in [5, 5.41) is 14.1. The van der Waals surface area contributed by atoms with Crippen LogP contribution in [0.15, 0.2) is 30.3 Å². The predicted molar refractivity (Wildman–Crippen MR) is 115 cm³/mol. The van der Waals surface area contributed by atoms with Crippen molar-refractivity contribution in [1.82, 2.24) is 15.1 Å². The molecule has 2 fully saturated rings. The van der Waals surface area contributed by atoms with Gasteiger partial charge in [0.25, 0.3) is 0 Å². The lowest BCUT2D eigenvalue weighted by molar-refractivity contribution is -0.122. The molecule has 6 nitrogen and oxygen atoms in total. The maximum absolute atomic E-state index is 12.3. The van der Waals surface area contributed by atoms with Gasteiger partial charge in [-0.05, 0) is 38.3 Å². The number of benzene rings is 1. The second kappa shape index (κ2) is 10.5. The number of amides is 1. The molecule has 1 saturated carbocycles. The first-order valence-electron chi connectivity index (χ1n) is 11.0. The lowest BCUT2D eigenvalue weighted by atomic mass is 9.74. The lowest BCUT2D eigenvalue weighted by Gasteiger charge is -2.39. The second-order valence-electron chi connectivity index (χ2n) is 8.72. The van der Waals surface area contributed by atoms with Crippen molar-refractivity contribution in [3.8, 4) is 0 Å². The number of carbonyl (C=O) groups excluding carboxylic acids is 1. The molecule has 1 aliphatic heterocycles. The molecular formula is C23H37N3O3. The number of methoxy groups -OCH3 is 1. The Bertz CT molecular complexity index is 634. The average molecular weight is 404 g/mol. The normalized spacial score (nSPS) is 29.3. The zero-order valence-corrected chi connectivity index (χ0v) is 18.0. The molecule has 2 N–H and O–H groups in total. The predicted octanol–water partition coefficient (Wildman–Crippen LogP) is 1.63. The van der Waals surface area contributed by atoms with Crippen LogP contribution in [0.1, 0.15) is 37.7 Å². The first kappa shape index (κ1) is 22.2. The Hall–Kier alpha value is -1.47. The Morgan fingerprint density at radius 1 is 1.17 bits per heavy atom. The monoisotopic (exact) mass is 403 g/mol. The first-order valence-corrected chi connectivity index (χ1v) is 11.0. The molecule has 1 heterocycles. The summed E-state index contributed by atoms with van der Waals surface area (Å²) in [6, 6.07) is 10.7. The Balaban J connectivity index is 1.73. The van der Waals surface area contributed by atoms with E-state index >= 15 is 0 Å². The van der Waals surface area contributed by atoms with E-state index in [0.717, 1.165) is 51.9 Å². The fourth-order valence-electron chi connectivity index (χ4n) is 4.85. The topological polar surface area (TPSA) is 65.0 Å². The number of piperazine rings is 1. The molecule has 0 bridgehead atoms. The van der Waals surface area contributed by atoms with Crippen LogP contribution in [0.4, 0.5) is 0 Å². The summed E-state index contributed by atoms with van der Waals surface area (Å²) in [5.74, 6) is 0.0302. The third kappa shape index (κ3) is 5.79. The molecule has 6 heteroatoms. The molecule has 3 atom stereocenters. The van der Waals surface area contributed by atoms with Crippen molar-refractivity contribution in [3.05, 3.63) is 35.9 Å². The summed E-state index contributed by atoms with van der Waals surface area (Å²) in [5.41, 5.74) is 1.13. The van der Waals surface area contributed by atoms with E-state index in [0.29, 0.717) is 19.6 Å². The van der Waals surface area contributed by atoms with Gasteiger partial charge in [-0.15, -0.1) is 0 Å². The maximum atomic E-state index is 12.3. The van der Waals surface area contributed by atoms with Gasteiger partial charge in [-0.25, -0.2) is 0 Å².